The van der Waals surface area contributed by atoms with E-state index in [9.17, 15) is 13.2 Å². The lowest BCUT2D eigenvalue weighted by Gasteiger charge is -2.39. The Morgan fingerprint density at radius 1 is 0.907 bits per heavy atom. The van der Waals surface area contributed by atoms with Gasteiger partial charge < -0.3 is 16.4 Å². The van der Waals surface area contributed by atoms with Crippen LogP contribution in [0.1, 0.15) is 47.8 Å². The van der Waals surface area contributed by atoms with E-state index in [1.165, 1.54) is 16.9 Å². The van der Waals surface area contributed by atoms with Crippen LogP contribution >= 0.6 is 0 Å². The Kier molecular flexibility index (Phi) is 6.34. The Bertz CT molecular complexity index is 1960. The van der Waals surface area contributed by atoms with E-state index in [1.807, 2.05) is 47.4 Å². The van der Waals surface area contributed by atoms with Crippen LogP contribution in [0, 0.1) is 0 Å². The summed E-state index contributed by atoms with van der Waals surface area (Å²) >= 11 is 0. The fourth-order valence-electron chi connectivity index (χ4n) is 6.58. The maximum Gasteiger partial charge on any atom is 0.276 e. The number of benzene rings is 1. The van der Waals surface area contributed by atoms with Gasteiger partial charge in [0.2, 0.25) is 0 Å². The third-order valence-corrected chi connectivity index (χ3v) is 9.62. The van der Waals surface area contributed by atoms with Crippen LogP contribution in [0.25, 0.3) is 28.0 Å². The minimum absolute atomic E-state index is 0.0146. The second-order valence-corrected chi connectivity index (χ2v) is 13.1. The molecule has 0 saturated carbocycles. The average Bonchev–Trinajstić information content (AvgIpc) is 3.55. The van der Waals surface area contributed by atoms with Crippen molar-refractivity contribution in [2.24, 2.45) is 0 Å². The van der Waals surface area contributed by atoms with Gasteiger partial charge in [-0.2, -0.15) is 9.61 Å². The molecule has 218 valence electrons. The van der Waals surface area contributed by atoms with Crippen molar-refractivity contribution < 1.29 is 13.2 Å². The van der Waals surface area contributed by atoms with Gasteiger partial charge in [0.1, 0.15) is 10.7 Å². The van der Waals surface area contributed by atoms with E-state index in [-0.39, 0.29) is 46.1 Å². The first-order valence-electron chi connectivity index (χ1n) is 14.0. The molecule has 2 aliphatic rings. The monoisotopic (exact) mass is 595 g/mol. The highest BCUT2D eigenvalue weighted by Crippen LogP contribution is 2.46. The van der Waals surface area contributed by atoms with E-state index in [0.717, 1.165) is 35.9 Å². The average molecular weight is 596 g/mol. The Labute approximate surface area is 247 Å². The highest BCUT2D eigenvalue weighted by atomic mass is 32.2. The number of piperidine rings is 1. The summed E-state index contributed by atoms with van der Waals surface area (Å²) in [5.74, 6) is -0.389. The molecule has 0 unspecified atom stereocenters. The molecule has 1 amide bonds. The third-order valence-electron chi connectivity index (χ3n) is 8.46. The molecule has 4 N–H and O–H groups in total. The van der Waals surface area contributed by atoms with Crippen molar-refractivity contribution in [3.05, 3.63) is 78.6 Å². The summed E-state index contributed by atoms with van der Waals surface area (Å²) in [5.41, 5.74) is 16.8. The van der Waals surface area contributed by atoms with E-state index in [4.69, 9.17) is 16.5 Å². The standard InChI is InChI=1S/C30H29N9O3S/c1-43(41,42)26-24(19-13-20-8-9-21(14-19)38(20)30(40)25-27(31)34-12-11-33-25)37-29-22(16-36-39(29)28(26)32)18-7-10-23(35-15-18)17-5-3-2-4-6-17/h2-7,10-12,15-16,19-21H,8-9,13-14,32H2,1H3,(H2,31,34)/t19-,20-,21+. The lowest BCUT2D eigenvalue weighted by atomic mass is 9.87. The molecule has 1 aromatic carbocycles. The quantitative estimate of drug-likeness (QED) is 0.306. The summed E-state index contributed by atoms with van der Waals surface area (Å²) in [5, 5.41) is 4.41. The molecular formula is C30H29N9O3S. The number of aromatic nitrogens is 6. The number of carbonyl (C=O) groups excluding carboxylic acids is 1. The summed E-state index contributed by atoms with van der Waals surface area (Å²) in [7, 11) is -3.77. The van der Waals surface area contributed by atoms with E-state index in [0.29, 0.717) is 29.7 Å². The molecule has 7 rings (SSSR count). The molecule has 2 bridgehead atoms. The molecule has 2 saturated heterocycles. The van der Waals surface area contributed by atoms with E-state index >= 15 is 0 Å². The number of nitrogens with zero attached hydrogens (tertiary/aromatic N) is 7. The number of amides is 1. The second kappa shape index (κ2) is 10.1. The van der Waals surface area contributed by atoms with Gasteiger partial charge in [-0.1, -0.05) is 36.4 Å². The summed E-state index contributed by atoms with van der Waals surface area (Å²) in [6, 6.07) is 13.5. The summed E-state index contributed by atoms with van der Waals surface area (Å²) < 4.78 is 27.6. The molecule has 4 aromatic heterocycles. The molecule has 0 spiro atoms. The first kappa shape index (κ1) is 27.0. The van der Waals surface area contributed by atoms with Crippen LogP contribution in [0.4, 0.5) is 11.6 Å². The molecule has 13 heteroatoms. The lowest BCUT2D eigenvalue weighted by molar-refractivity contribution is 0.0563. The van der Waals surface area contributed by atoms with Crippen molar-refractivity contribution in [2.75, 3.05) is 17.7 Å². The topological polar surface area (TPSA) is 175 Å². The van der Waals surface area contributed by atoms with Gasteiger partial charge in [0.05, 0.1) is 17.6 Å². The maximum atomic E-state index is 13.5. The number of pyridine rings is 1. The van der Waals surface area contributed by atoms with Gasteiger partial charge in [-0.05, 0) is 31.7 Å². The van der Waals surface area contributed by atoms with Gasteiger partial charge in [0.15, 0.2) is 27.0 Å². The number of anilines is 2. The number of carbonyl (C=O) groups is 1. The number of sulfone groups is 1. The van der Waals surface area contributed by atoms with Crippen molar-refractivity contribution in [3.8, 4) is 22.4 Å². The van der Waals surface area contributed by atoms with Crippen molar-refractivity contribution >= 4 is 33.0 Å². The van der Waals surface area contributed by atoms with Crippen LogP contribution in [0.3, 0.4) is 0 Å². The first-order valence-corrected chi connectivity index (χ1v) is 15.9. The first-order chi connectivity index (χ1) is 20.7. The Morgan fingerprint density at radius 2 is 1.63 bits per heavy atom. The highest BCUT2D eigenvalue weighted by Gasteiger charge is 2.46. The fourth-order valence-corrected chi connectivity index (χ4v) is 7.64. The van der Waals surface area contributed by atoms with Crippen LogP contribution in [0.5, 0.6) is 0 Å². The Hall–Kier alpha value is -4.91. The van der Waals surface area contributed by atoms with Gasteiger partial charge in [-0.25, -0.2) is 23.4 Å². The Morgan fingerprint density at radius 3 is 2.28 bits per heavy atom. The summed E-state index contributed by atoms with van der Waals surface area (Å²) in [6.45, 7) is 0. The molecule has 5 aromatic rings. The number of hydrogen-bond acceptors (Lipinski definition) is 10. The number of nitrogens with two attached hydrogens (primary N) is 2. The molecule has 12 nitrogen and oxygen atoms in total. The van der Waals surface area contributed by atoms with Crippen LogP contribution in [-0.4, -0.2) is 67.1 Å². The third kappa shape index (κ3) is 4.56. The van der Waals surface area contributed by atoms with Gasteiger partial charge >= 0.3 is 0 Å². The van der Waals surface area contributed by atoms with Crippen LogP contribution in [0.15, 0.2) is 72.1 Å². The number of nitrogen functional groups attached to an aromatic ring is 2. The minimum atomic E-state index is -3.77. The zero-order valence-electron chi connectivity index (χ0n) is 23.3. The highest BCUT2D eigenvalue weighted by molar-refractivity contribution is 7.91. The zero-order chi connectivity index (χ0) is 29.9. The van der Waals surface area contributed by atoms with Crippen LogP contribution < -0.4 is 11.5 Å². The Balaban J connectivity index is 1.27. The van der Waals surface area contributed by atoms with Crippen molar-refractivity contribution in [1.29, 1.82) is 0 Å². The number of fused-ring (bicyclic) bond motifs is 3. The SMILES string of the molecule is CS(=O)(=O)c1c([C@@H]2C[C@H]3CC[C@@H](C2)N3C(=O)c2nccnc2N)nc2c(-c3ccc(-c4ccccc4)nc3)cnn2c1N. The number of rotatable bonds is 5. The molecule has 3 atom stereocenters. The fraction of sp³-hybridized carbons (Fsp3) is 0.267. The van der Waals surface area contributed by atoms with E-state index < -0.39 is 9.84 Å². The predicted octanol–water partition coefficient (Wildman–Crippen LogP) is 3.37. The number of hydrogen-bond donors (Lipinski definition) is 2. The maximum absolute atomic E-state index is 13.5. The largest absolute Gasteiger partial charge is 0.382 e. The second-order valence-electron chi connectivity index (χ2n) is 11.1. The molecule has 43 heavy (non-hydrogen) atoms. The zero-order valence-corrected chi connectivity index (χ0v) is 24.1. The molecule has 2 aliphatic heterocycles. The molecule has 0 radical (unpaired) electrons. The van der Waals surface area contributed by atoms with Gasteiger partial charge in [0.25, 0.3) is 5.91 Å². The van der Waals surface area contributed by atoms with Crippen LogP contribution in [-0.2, 0) is 9.84 Å². The van der Waals surface area contributed by atoms with E-state index in [1.54, 1.807) is 12.4 Å². The molecule has 0 aliphatic carbocycles. The van der Waals surface area contributed by atoms with E-state index in [2.05, 4.69) is 20.1 Å². The summed E-state index contributed by atoms with van der Waals surface area (Å²) in [4.78, 5) is 33.1. The predicted molar refractivity (Wildman–Crippen MR) is 161 cm³/mol. The minimum Gasteiger partial charge on any atom is -0.382 e. The van der Waals surface area contributed by atoms with Crippen molar-refractivity contribution in [2.45, 2.75) is 48.6 Å². The molecule has 6 heterocycles. The summed E-state index contributed by atoms with van der Waals surface area (Å²) in [6.07, 6.45) is 10.1. The molecular weight excluding hydrogens is 566 g/mol. The van der Waals surface area contributed by atoms with Gasteiger partial charge in [-0.3, -0.25) is 9.78 Å². The molecule has 2 fully saturated rings. The lowest BCUT2D eigenvalue weighted by Crippen LogP contribution is -2.46. The normalized spacial score (nSPS) is 20.0. The van der Waals surface area contributed by atoms with Crippen LogP contribution in [0.2, 0.25) is 0 Å². The van der Waals surface area contributed by atoms with Gasteiger partial charge in [-0.15, -0.1) is 0 Å². The smallest absolute Gasteiger partial charge is 0.276 e. The van der Waals surface area contributed by atoms with Crippen molar-refractivity contribution in [3.63, 3.8) is 0 Å². The van der Waals surface area contributed by atoms with Gasteiger partial charge in [0, 0.05) is 59.5 Å². The van der Waals surface area contributed by atoms with Crippen molar-refractivity contribution in [1.82, 2.24) is 34.4 Å².